The second-order valence-electron chi connectivity index (χ2n) is 4.04. The second kappa shape index (κ2) is 5.70. The highest BCUT2D eigenvalue weighted by Gasteiger charge is 2.09. The highest BCUT2D eigenvalue weighted by molar-refractivity contribution is 7.12. The van der Waals surface area contributed by atoms with E-state index in [1.54, 1.807) is 23.5 Å². The molecule has 0 saturated heterocycles. The van der Waals surface area contributed by atoms with Gasteiger partial charge in [-0.05, 0) is 37.6 Å². The average Bonchev–Trinajstić information content (AvgIpc) is 2.55. The molecule has 0 amide bonds. The van der Waals surface area contributed by atoms with Gasteiger partial charge in [-0.25, -0.2) is 0 Å². The maximum absolute atomic E-state index is 6.12. The molecule has 18 heavy (non-hydrogen) atoms. The van der Waals surface area contributed by atoms with Crippen LogP contribution in [0.3, 0.4) is 0 Å². The molecular weight excluding hydrogens is 309 g/mol. The SMILES string of the molecule is Cc1cc(CNc2c(Cl)cc(Cl)cc2Cl)c(C)s1. The van der Waals surface area contributed by atoms with Crippen molar-refractivity contribution in [1.82, 2.24) is 0 Å². The van der Waals surface area contributed by atoms with Gasteiger partial charge < -0.3 is 5.32 Å². The first-order valence-corrected chi connectivity index (χ1v) is 7.36. The molecule has 96 valence electrons. The minimum absolute atomic E-state index is 0.539. The molecule has 0 saturated carbocycles. The third-order valence-corrected chi connectivity index (χ3v) is 4.43. The molecule has 1 nitrogen and oxygen atoms in total. The number of benzene rings is 1. The number of nitrogens with one attached hydrogen (secondary N) is 1. The summed E-state index contributed by atoms with van der Waals surface area (Å²) in [6.07, 6.45) is 0. The third kappa shape index (κ3) is 3.12. The van der Waals surface area contributed by atoms with Crippen molar-refractivity contribution in [1.29, 1.82) is 0 Å². The molecule has 0 radical (unpaired) electrons. The van der Waals surface area contributed by atoms with E-state index in [2.05, 4.69) is 25.2 Å². The number of thiophene rings is 1. The van der Waals surface area contributed by atoms with Gasteiger partial charge in [0.1, 0.15) is 0 Å². The first kappa shape index (κ1) is 14.0. The largest absolute Gasteiger partial charge is 0.379 e. The molecule has 0 unspecified atom stereocenters. The van der Waals surface area contributed by atoms with E-state index in [0.29, 0.717) is 21.6 Å². The molecule has 1 heterocycles. The Balaban J connectivity index is 2.18. The molecule has 1 N–H and O–H groups in total. The van der Waals surface area contributed by atoms with Crippen molar-refractivity contribution in [2.75, 3.05) is 5.32 Å². The van der Waals surface area contributed by atoms with Gasteiger partial charge in [-0.3, -0.25) is 0 Å². The molecule has 1 aromatic carbocycles. The van der Waals surface area contributed by atoms with Gasteiger partial charge in [-0.2, -0.15) is 0 Å². The fourth-order valence-electron chi connectivity index (χ4n) is 1.75. The van der Waals surface area contributed by atoms with Crippen LogP contribution in [0.5, 0.6) is 0 Å². The van der Waals surface area contributed by atoms with Gasteiger partial charge in [0, 0.05) is 21.3 Å². The van der Waals surface area contributed by atoms with E-state index >= 15 is 0 Å². The van der Waals surface area contributed by atoms with Crippen LogP contribution < -0.4 is 5.32 Å². The number of hydrogen-bond donors (Lipinski definition) is 1. The first-order chi connectivity index (χ1) is 8.47. The fraction of sp³-hybridized carbons (Fsp3) is 0.231. The predicted molar refractivity (Wildman–Crippen MR) is 82.6 cm³/mol. The Morgan fingerprint density at radius 3 is 2.17 bits per heavy atom. The van der Waals surface area contributed by atoms with Gasteiger partial charge in [0.2, 0.25) is 0 Å². The zero-order valence-corrected chi connectivity index (χ0v) is 13.1. The lowest BCUT2D eigenvalue weighted by Gasteiger charge is -2.10. The Morgan fingerprint density at radius 2 is 1.67 bits per heavy atom. The van der Waals surface area contributed by atoms with Gasteiger partial charge in [0.25, 0.3) is 0 Å². The standard InChI is InChI=1S/C13H12Cl3NS/c1-7-3-9(8(2)18-7)6-17-13-11(15)4-10(14)5-12(13)16/h3-5,17H,6H2,1-2H3. The maximum atomic E-state index is 6.12. The second-order valence-corrected chi connectivity index (χ2v) is 6.75. The van der Waals surface area contributed by atoms with Crippen molar-refractivity contribution < 1.29 is 0 Å². The lowest BCUT2D eigenvalue weighted by Crippen LogP contribution is -2.00. The van der Waals surface area contributed by atoms with Crippen molar-refractivity contribution >= 4 is 51.8 Å². The summed E-state index contributed by atoms with van der Waals surface area (Å²) in [4.78, 5) is 2.61. The lowest BCUT2D eigenvalue weighted by atomic mass is 10.2. The van der Waals surface area contributed by atoms with Crippen LogP contribution in [0.15, 0.2) is 18.2 Å². The lowest BCUT2D eigenvalue weighted by molar-refractivity contribution is 1.14. The summed E-state index contributed by atoms with van der Waals surface area (Å²) in [6.45, 7) is 4.92. The Bertz CT molecular complexity index is 555. The Labute approximate surface area is 126 Å². The van der Waals surface area contributed by atoms with Crippen LogP contribution in [0.2, 0.25) is 15.1 Å². The minimum atomic E-state index is 0.539. The van der Waals surface area contributed by atoms with Crippen molar-refractivity contribution in [2.45, 2.75) is 20.4 Å². The summed E-state index contributed by atoms with van der Waals surface area (Å²) in [5, 5.41) is 4.88. The van der Waals surface area contributed by atoms with Crippen LogP contribution in [-0.2, 0) is 6.54 Å². The molecule has 2 aromatic rings. The quantitative estimate of drug-likeness (QED) is 0.738. The van der Waals surface area contributed by atoms with Gasteiger partial charge in [0.15, 0.2) is 0 Å². The molecule has 0 spiro atoms. The smallest absolute Gasteiger partial charge is 0.0722 e. The van der Waals surface area contributed by atoms with E-state index in [1.165, 1.54) is 15.3 Å². The van der Waals surface area contributed by atoms with E-state index in [4.69, 9.17) is 34.8 Å². The van der Waals surface area contributed by atoms with Crippen molar-refractivity contribution in [3.63, 3.8) is 0 Å². The van der Waals surface area contributed by atoms with E-state index < -0.39 is 0 Å². The predicted octanol–water partition coefficient (Wildman–Crippen LogP) is 5.94. The zero-order valence-electron chi connectivity index (χ0n) is 9.98. The summed E-state index contributed by atoms with van der Waals surface area (Å²) >= 11 is 19.9. The summed E-state index contributed by atoms with van der Waals surface area (Å²) in [5.74, 6) is 0. The van der Waals surface area contributed by atoms with Crippen LogP contribution in [0.1, 0.15) is 15.3 Å². The summed E-state index contributed by atoms with van der Waals surface area (Å²) in [6, 6.07) is 5.54. The van der Waals surface area contributed by atoms with E-state index in [1.807, 2.05) is 0 Å². The Hall–Kier alpha value is -0.410. The molecule has 1 aromatic heterocycles. The van der Waals surface area contributed by atoms with Crippen LogP contribution in [0, 0.1) is 13.8 Å². The van der Waals surface area contributed by atoms with E-state index in [0.717, 1.165) is 5.69 Å². The normalized spacial score (nSPS) is 10.7. The average molecular weight is 321 g/mol. The molecule has 0 aliphatic carbocycles. The summed E-state index contributed by atoms with van der Waals surface area (Å²) in [7, 11) is 0. The maximum Gasteiger partial charge on any atom is 0.0722 e. The first-order valence-electron chi connectivity index (χ1n) is 5.41. The molecule has 0 fully saturated rings. The highest BCUT2D eigenvalue weighted by Crippen LogP contribution is 2.34. The van der Waals surface area contributed by atoms with Crippen LogP contribution in [0.4, 0.5) is 5.69 Å². The number of halogens is 3. The molecule has 0 bridgehead atoms. The van der Waals surface area contributed by atoms with Crippen molar-refractivity contribution in [3.05, 3.63) is 48.6 Å². The molecule has 0 aliphatic rings. The monoisotopic (exact) mass is 319 g/mol. The number of rotatable bonds is 3. The van der Waals surface area contributed by atoms with Crippen LogP contribution in [0.25, 0.3) is 0 Å². The van der Waals surface area contributed by atoms with Crippen molar-refractivity contribution in [3.8, 4) is 0 Å². The number of hydrogen-bond acceptors (Lipinski definition) is 2. The third-order valence-electron chi connectivity index (χ3n) is 2.61. The highest BCUT2D eigenvalue weighted by atomic mass is 35.5. The van der Waals surface area contributed by atoms with Gasteiger partial charge in [0.05, 0.1) is 15.7 Å². The molecule has 5 heteroatoms. The minimum Gasteiger partial charge on any atom is -0.379 e. The number of aryl methyl sites for hydroxylation is 2. The summed E-state index contributed by atoms with van der Waals surface area (Å²) < 4.78 is 0. The van der Waals surface area contributed by atoms with Gasteiger partial charge in [-0.1, -0.05) is 34.8 Å². The molecule has 0 atom stereocenters. The Kier molecular flexibility index (Phi) is 4.44. The van der Waals surface area contributed by atoms with Gasteiger partial charge >= 0.3 is 0 Å². The zero-order chi connectivity index (χ0) is 13.3. The van der Waals surface area contributed by atoms with Crippen LogP contribution >= 0.6 is 46.1 Å². The number of anilines is 1. The van der Waals surface area contributed by atoms with Crippen LogP contribution in [-0.4, -0.2) is 0 Å². The Morgan fingerprint density at radius 1 is 1.06 bits per heavy atom. The molecule has 2 rings (SSSR count). The van der Waals surface area contributed by atoms with Crippen molar-refractivity contribution in [2.24, 2.45) is 0 Å². The summed E-state index contributed by atoms with van der Waals surface area (Å²) in [5.41, 5.74) is 1.99. The molecular formula is C13H12Cl3NS. The van der Waals surface area contributed by atoms with Gasteiger partial charge in [-0.15, -0.1) is 11.3 Å². The molecule has 0 aliphatic heterocycles. The van der Waals surface area contributed by atoms with E-state index in [9.17, 15) is 0 Å². The topological polar surface area (TPSA) is 12.0 Å². The fourth-order valence-corrected chi connectivity index (χ4v) is 3.65. The van der Waals surface area contributed by atoms with E-state index in [-0.39, 0.29) is 0 Å².